The molecule has 5 heteroatoms. The average molecular weight is 210 g/mol. The molecule has 1 aliphatic carbocycles. The highest BCUT2D eigenvalue weighted by molar-refractivity contribution is 6.36. The number of rotatable bonds is 3. The first-order valence-corrected chi connectivity index (χ1v) is 5.43. The van der Waals surface area contributed by atoms with Crippen molar-refractivity contribution in [3.05, 3.63) is 0 Å². The third-order valence-electron chi connectivity index (χ3n) is 3.41. The van der Waals surface area contributed by atoms with Gasteiger partial charge in [0.1, 0.15) is 6.10 Å². The second kappa shape index (κ2) is 3.20. The lowest BCUT2D eigenvalue weighted by Gasteiger charge is -2.14. The molecule has 82 valence electrons. The fourth-order valence-corrected chi connectivity index (χ4v) is 2.43. The molecule has 1 N–H and O–H groups in total. The molecule has 1 saturated carbocycles. The molecule has 0 radical (unpaired) electrons. The van der Waals surface area contributed by atoms with E-state index in [0.29, 0.717) is 0 Å². The van der Waals surface area contributed by atoms with Crippen molar-refractivity contribution in [1.82, 2.24) is 4.90 Å². The van der Waals surface area contributed by atoms with Gasteiger partial charge in [0.05, 0.1) is 5.92 Å². The molecule has 0 aromatic carbocycles. The van der Waals surface area contributed by atoms with Crippen LogP contribution in [-0.2, 0) is 9.63 Å². The minimum absolute atomic E-state index is 0.0127. The summed E-state index contributed by atoms with van der Waals surface area (Å²) in [5, 5.41) is 12.6. The zero-order valence-electron chi connectivity index (χ0n) is 8.43. The van der Waals surface area contributed by atoms with E-state index < -0.39 is 5.97 Å². The SMILES string of the molecule is O=C(O)C1=NOC2CN(CC3CC3)CC12. The summed E-state index contributed by atoms with van der Waals surface area (Å²) in [5.41, 5.74) is 0.207. The quantitative estimate of drug-likeness (QED) is 0.721. The largest absolute Gasteiger partial charge is 0.477 e. The van der Waals surface area contributed by atoms with Crippen molar-refractivity contribution in [3.8, 4) is 0 Å². The van der Waals surface area contributed by atoms with Gasteiger partial charge >= 0.3 is 5.97 Å². The Kier molecular flexibility index (Phi) is 1.95. The highest BCUT2D eigenvalue weighted by Crippen LogP contribution is 2.33. The molecule has 5 nitrogen and oxygen atoms in total. The van der Waals surface area contributed by atoms with Crippen LogP contribution >= 0.6 is 0 Å². The number of carboxylic acids is 1. The zero-order chi connectivity index (χ0) is 10.4. The molecule has 0 aromatic rings. The first kappa shape index (κ1) is 9.15. The summed E-state index contributed by atoms with van der Waals surface area (Å²) < 4.78 is 0. The highest BCUT2D eigenvalue weighted by Gasteiger charge is 2.45. The number of hydrogen-bond acceptors (Lipinski definition) is 4. The number of fused-ring (bicyclic) bond motifs is 1. The standard InChI is InChI=1S/C10H14N2O3/c13-10(14)9-7-4-12(3-6-1-2-6)5-8(7)15-11-9/h6-8H,1-5H2,(H,13,14). The van der Waals surface area contributed by atoms with Crippen LogP contribution in [0, 0.1) is 11.8 Å². The van der Waals surface area contributed by atoms with E-state index in [1.165, 1.54) is 12.8 Å². The third kappa shape index (κ3) is 1.61. The molecule has 2 heterocycles. The predicted molar refractivity (Wildman–Crippen MR) is 52.6 cm³/mol. The van der Waals surface area contributed by atoms with Crippen LogP contribution < -0.4 is 0 Å². The Labute approximate surface area is 87.7 Å². The Hall–Kier alpha value is -1.10. The monoisotopic (exact) mass is 210 g/mol. The van der Waals surface area contributed by atoms with Gasteiger partial charge in [-0.25, -0.2) is 4.79 Å². The highest BCUT2D eigenvalue weighted by atomic mass is 16.6. The van der Waals surface area contributed by atoms with E-state index in [2.05, 4.69) is 10.1 Å². The van der Waals surface area contributed by atoms with Crippen LogP contribution in [0.4, 0.5) is 0 Å². The summed E-state index contributed by atoms with van der Waals surface area (Å²) in [4.78, 5) is 18.3. The number of carbonyl (C=O) groups is 1. The van der Waals surface area contributed by atoms with Crippen molar-refractivity contribution in [3.63, 3.8) is 0 Å². The van der Waals surface area contributed by atoms with Crippen molar-refractivity contribution >= 4 is 11.7 Å². The van der Waals surface area contributed by atoms with Gasteiger partial charge in [0.15, 0.2) is 5.71 Å². The summed E-state index contributed by atoms with van der Waals surface area (Å²) in [7, 11) is 0. The molecule has 0 bridgehead atoms. The Morgan fingerprint density at radius 2 is 2.33 bits per heavy atom. The lowest BCUT2D eigenvalue weighted by atomic mass is 10.0. The molecule has 2 aliphatic heterocycles. The van der Waals surface area contributed by atoms with Crippen LogP contribution in [0.1, 0.15) is 12.8 Å². The fourth-order valence-electron chi connectivity index (χ4n) is 2.43. The molecule has 2 unspecified atom stereocenters. The summed E-state index contributed by atoms with van der Waals surface area (Å²) in [6.45, 7) is 2.73. The van der Waals surface area contributed by atoms with Crippen LogP contribution in [0.15, 0.2) is 5.16 Å². The van der Waals surface area contributed by atoms with Crippen LogP contribution in [0.25, 0.3) is 0 Å². The van der Waals surface area contributed by atoms with E-state index in [4.69, 9.17) is 9.94 Å². The molecule has 0 spiro atoms. The number of nitrogens with zero attached hydrogens (tertiary/aromatic N) is 2. The van der Waals surface area contributed by atoms with Gasteiger partial charge in [0.2, 0.25) is 0 Å². The van der Waals surface area contributed by atoms with E-state index in [1.807, 2.05) is 0 Å². The smallest absolute Gasteiger partial charge is 0.354 e. The molecule has 0 amide bonds. The summed E-state index contributed by atoms with van der Waals surface area (Å²) in [5.74, 6) is -0.105. The summed E-state index contributed by atoms with van der Waals surface area (Å²) in [6, 6.07) is 0. The summed E-state index contributed by atoms with van der Waals surface area (Å²) in [6.07, 6.45) is 2.63. The molecule has 2 fully saturated rings. The summed E-state index contributed by atoms with van der Waals surface area (Å²) >= 11 is 0. The molecule has 1 saturated heterocycles. The number of oxime groups is 1. The molecular weight excluding hydrogens is 196 g/mol. The average Bonchev–Trinajstić information content (AvgIpc) is 2.72. The lowest BCUT2D eigenvalue weighted by Crippen LogP contribution is -2.28. The van der Waals surface area contributed by atoms with Gasteiger partial charge < -0.3 is 9.94 Å². The molecule has 15 heavy (non-hydrogen) atoms. The van der Waals surface area contributed by atoms with Crippen LogP contribution in [-0.4, -0.2) is 47.4 Å². The second-order valence-corrected chi connectivity index (χ2v) is 4.69. The van der Waals surface area contributed by atoms with Crippen molar-refractivity contribution in [2.24, 2.45) is 17.0 Å². The maximum Gasteiger partial charge on any atom is 0.354 e. The Morgan fingerprint density at radius 3 is 3.00 bits per heavy atom. The van der Waals surface area contributed by atoms with E-state index in [0.717, 1.165) is 25.6 Å². The maximum absolute atomic E-state index is 10.9. The van der Waals surface area contributed by atoms with E-state index in [1.54, 1.807) is 0 Å². The molecule has 3 rings (SSSR count). The molecule has 3 aliphatic rings. The van der Waals surface area contributed by atoms with Crippen LogP contribution in [0.5, 0.6) is 0 Å². The van der Waals surface area contributed by atoms with E-state index in [-0.39, 0.29) is 17.7 Å². The van der Waals surface area contributed by atoms with Crippen molar-refractivity contribution in [2.45, 2.75) is 18.9 Å². The number of likely N-dealkylation sites (tertiary alicyclic amines) is 1. The topological polar surface area (TPSA) is 62.1 Å². The molecule has 0 aromatic heterocycles. The number of carboxylic acid groups (broad SMARTS) is 1. The lowest BCUT2D eigenvalue weighted by molar-refractivity contribution is -0.129. The van der Waals surface area contributed by atoms with Gasteiger partial charge in [0.25, 0.3) is 0 Å². The van der Waals surface area contributed by atoms with Crippen molar-refractivity contribution < 1.29 is 14.7 Å². The number of aliphatic carboxylic acids is 1. The van der Waals surface area contributed by atoms with Gasteiger partial charge in [-0.3, -0.25) is 4.90 Å². The Balaban J connectivity index is 1.64. The number of hydrogen-bond donors (Lipinski definition) is 1. The minimum Gasteiger partial charge on any atom is -0.477 e. The third-order valence-corrected chi connectivity index (χ3v) is 3.41. The van der Waals surface area contributed by atoms with Crippen LogP contribution in [0.2, 0.25) is 0 Å². The fraction of sp³-hybridized carbons (Fsp3) is 0.800. The minimum atomic E-state index is -0.934. The predicted octanol–water partition coefficient (Wildman–Crippen LogP) is 0.168. The van der Waals surface area contributed by atoms with E-state index in [9.17, 15) is 4.79 Å². The normalized spacial score (nSPS) is 34.8. The van der Waals surface area contributed by atoms with Gasteiger partial charge in [-0.1, -0.05) is 5.16 Å². The Bertz CT molecular complexity index is 325. The Morgan fingerprint density at radius 1 is 1.53 bits per heavy atom. The molecule has 2 atom stereocenters. The van der Waals surface area contributed by atoms with Gasteiger partial charge in [-0.2, -0.15) is 0 Å². The second-order valence-electron chi connectivity index (χ2n) is 4.69. The van der Waals surface area contributed by atoms with Gasteiger partial charge in [-0.15, -0.1) is 0 Å². The van der Waals surface area contributed by atoms with Crippen molar-refractivity contribution in [1.29, 1.82) is 0 Å². The zero-order valence-corrected chi connectivity index (χ0v) is 8.43. The first-order chi connectivity index (χ1) is 7.24. The maximum atomic E-state index is 10.9. The van der Waals surface area contributed by atoms with E-state index >= 15 is 0 Å². The van der Waals surface area contributed by atoms with Gasteiger partial charge in [-0.05, 0) is 18.8 Å². The first-order valence-electron chi connectivity index (χ1n) is 5.43. The van der Waals surface area contributed by atoms with Crippen LogP contribution in [0.3, 0.4) is 0 Å². The van der Waals surface area contributed by atoms with Gasteiger partial charge in [0, 0.05) is 19.6 Å². The molecular formula is C10H14N2O3. The van der Waals surface area contributed by atoms with Crippen molar-refractivity contribution in [2.75, 3.05) is 19.6 Å².